The molecule has 0 amide bonds. The van der Waals surface area contributed by atoms with E-state index in [9.17, 15) is 4.39 Å². The van der Waals surface area contributed by atoms with Gasteiger partial charge in [-0.05, 0) is 42.3 Å². The molecule has 3 aromatic rings. The summed E-state index contributed by atoms with van der Waals surface area (Å²) in [4.78, 5) is 3.47. The number of hydrogen-bond acceptors (Lipinski definition) is 4. The molecule has 1 heterocycles. The minimum atomic E-state index is -0.224. The summed E-state index contributed by atoms with van der Waals surface area (Å²) >= 11 is 1.69. The van der Waals surface area contributed by atoms with Gasteiger partial charge in [0.15, 0.2) is 0 Å². The Kier molecular flexibility index (Phi) is 7.62. The Labute approximate surface area is 188 Å². The molecule has 0 aromatic heterocycles. The molecule has 0 bridgehead atoms. The Balaban J connectivity index is 1.58. The maximum Gasteiger partial charge on any atom is 0.132 e. The average Bonchev–Trinajstić information content (AvgIpc) is 2.79. The van der Waals surface area contributed by atoms with Gasteiger partial charge in [-0.1, -0.05) is 54.6 Å². The molecule has 1 saturated heterocycles. The lowest BCUT2D eigenvalue weighted by atomic mass is 10.1. The molecule has 0 aliphatic carbocycles. The smallest absolute Gasteiger partial charge is 0.132 e. The topological polar surface area (TPSA) is 21.7 Å². The van der Waals surface area contributed by atoms with Crippen LogP contribution in [0.25, 0.3) is 0 Å². The highest BCUT2D eigenvalue weighted by molar-refractivity contribution is 7.99. The first-order valence-corrected chi connectivity index (χ1v) is 11.6. The molecule has 0 N–H and O–H groups in total. The summed E-state index contributed by atoms with van der Waals surface area (Å²) in [5, 5.41) is -0.0455. The molecular weight excluding hydrogens is 409 g/mol. The Morgan fingerprint density at radius 3 is 2.68 bits per heavy atom. The second-order valence-corrected chi connectivity index (χ2v) is 8.79. The van der Waals surface area contributed by atoms with Crippen LogP contribution in [0, 0.1) is 5.82 Å². The van der Waals surface area contributed by atoms with E-state index in [-0.39, 0.29) is 17.2 Å². The van der Waals surface area contributed by atoms with Crippen LogP contribution in [0.3, 0.4) is 0 Å². The number of hydrogen-bond donors (Lipinski definition) is 0. The molecule has 1 aliphatic heterocycles. The Hall–Kier alpha value is -2.34. The Morgan fingerprint density at radius 2 is 1.87 bits per heavy atom. The van der Waals surface area contributed by atoms with Gasteiger partial charge in [0.25, 0.3) is 0 Å². The number of benzene rings is 3. The summed E-state index contributed by atoms with van der Waals surface area (Å²) in [6.07, 6.45) is -0.0565. The van der Waals surface area contributed by atoms with Gasteiger partial charge in [-0.25, -0.2) is 4.39 Å². The zero-order chi connectivity index (χ0) is 21.5. The first-order valence-electron chi connectivity index (χ1n) is 10.7. The standard InChI is InChI=1S/C26H28FNO2S/c1-2-29-23-13-6-7-14-25(23)31-26(21-11-8-12-22(27)17-21)24-19-28(15-16-30-24)18-20-9-4-3-5-10-20/h3-14,17,24,26H,2,15-16,18-19H2,1H3/t24?,26-/m0/s1. The van der Waals surface area contributed by atoms with E-state index in [0.717, 1.165) is 35.8 Å². The molecule has 1 fully saturated rings. The first kappa shape index (κ1) is 21.9. The van der Waals surface area contributed by atoms with Crippen LogP contribution in [-0.2, 0) is 11.3 Å². The summed E-state index contributed by atoms with van der Waals surface area (Å²) in [7, 11) is 0. The lowest BCUT2D eigenvalue weighted by molar-refractivity contribution is -0.0320. The molecule has 0 radical (unpaired) electrons. The molecule has 0 saturated carbocycles. The predicted octanol–water partition coefficient (Wildman–Crippen LogP) is 5.96. The van der Waals surface area contributed by atoms with Crippen molar-refractivity contribution in [3.05, 3.63) is 95.8 Å². The van der Waals surface area contributed by atoms with E-state index in [1.807, 2.05) is 37.3 Å². The van der Waals surface area contributed by atoms with Crippen LogP contribution in [0.5, 0.6) is 5.75 Å². The third kappa shape index (κ3) is 5.88. The monoisotopic (exact) mass is 437 g/mol. The zero-order valence-electron chi connectivity index (χ0n) is 17.7. The van der Waals surface area contributed by atoms with E-state index in [0.29, 0.717) is 13.2 Å². The lowest BCUT2D eigenvalue weighted by Crippen LogP contribution is -2.44. The quantitative estimate of drug-likeness (QED) is 0.406. The van der Waals surface area contributed by atoms with E-state index in [1.54, 1.807) is 23.9 Å². The molecule has 1 aliphatic rings. The van der Waals surface area contributed by atoms with Crippen LogP contribution in [0.2, 0.25) is 0 Å². The molecule has 3 nitrogen and oxygen atoms in total. The van der Waals surface area contributed by atoms with Crippen molar-refractivity contribution in [2.75, 3.05) is 26.3 Å². The van der Waals surface area contributed by atoms with Crippen molar-refractivity contribution in [3.8, 4) is 5.75 Å². The third-order valence-corrected chi connectivity index (χ3v) is 6.77. The van der Waals surface area contributed by atoms with Gasteiger partial charge in [0.1, 0.15) is 11.6 Å². The van der Waals surface area contributed by atoms with Crippen LogP contribution in [-0.4, -0.2) is 37.3 Å². The SMILES string of the molecule is CCOc1ccccc1S[C@@H](c1cccc(F)c1)C1CN(Cc2ccccc2)CCO1. The fourth-order valence-electron chi connectivity index (χ4n) is 3.90. The summed E-state index contributed by atoms with van der Waals surface area (Å²) in [6.45, 7) is 5.82. The fraction of sp³-hybridized carbons (Fsp3) is 0.308. The third-order valence-electron chi connectivity index (χ3n) is 5.34. The maximum absolute atomic E-state index is 14.1. The molecule has 5 heteroatoms. The van der Waals surface area contributed by atoms with Crippen molar-refractivity contribution < 1.29 is 13.9 Å². The summed E-state index contributed by atoms with van der Waals surface area (Å²) in [5.41, 5.74) is 2.22. The van der Waals surface area contributed by atoms with E-state index in [1.165, 1.54) is 11.6 Å². The number of morpholine rings is 1. The van der Waals surface area contributed by atoms with Crippen LogP contribution in [0.4, 0.5) is 4.39 Å². The molecule has 3 aromatic carbocycles. The van der Waals surface area contributed by atoms with Gasteiger partial charge in [-0.3, -0.25) is 4.90 Å². The highest BCUT2D eigenvalue weighted by atomic mass is 32.2. The second kappa shape index (κ2) is 10.8. The van der Waals surface area contributed by atoms with Crippen LogP contribution >= 0.6 is 11.8 Å². The van der Waals surface area contributed by atoms with Crippen molar-refractivity contribution in [1.29, 1.82) is 0 Å². The van der Waals surface area contributed by atoms with Crippen molar-refractivity contribution in [1.82, 2.24) is 4.90 Å². The van der Waals surface area contributed by atoms with Gasteiger partial charge in [-0.2, -0.15) is 0 Å². The van der Waals surface area contributed by atoms with Crippen LogP contribution in [0.15, 0.2) is 83.8 Å². The molecule has 31 heavy (non-hydrogen) atoms. The molecule has 2 atom stereocenters. The van der Waals surface area contributed by atoms with E-state index < -0.39 is 0 Å². The van der Waals surface area contributed by atoms with Gasteiger partial charge >= 0.3 is 0 Å². The number of nitrogens with zero attached hydrogens (tertiary/aromatic N) is 1. The second-order valence-electron chi connectivity index (χ2n) is 7.60. The van der Waals surface area contributed by atoms with Gasteiger partial charge < -0.3 is 9.47 Å². The summed E-state index contributed by atoms with van der Waals surface area (Å²) < 4.78 is 26.2. The Bertz CT molecular complexity index is 968. The largest absolute Gasteiger partial charge is 0.493 e. The zero-order valence-corrected chi connectivity index (χ0v) is 18.6. The van der Waals surface area contributed by atoms with Crippen molar-refractivity contribution in [2.45, 2.75) is 29.7 Å². The van der Waals surface area contributed by atoms with Crippen molar-refractivity contribution in [3.63, 3.8) is 0 Å². The number of rotatable bonds is 8. The number of halogens is 1. The highest BCUT2D eigenvalue weighted by Crippen LogP contribution is 2.43. The average molecular weight is 438 g/mol. The van der Waals surface area contributed by atoms with Crippen LogP contribution in [0.1, 0.15) is 23.3 Å². The minimum Gasteiger partial charge on any atom is -0.493 e. The molecule has 1 unspecified atom stereocenters. The molecular formula is C26H28FNO2S. The fourth-order valence-corrected chi connectivity index (χ4v) is 5.17. The number of thioether (sulfide) groups is 1. The van der Waals surface area contributed by atoms with E-state index in [4.69, 9.17) is 9.47 Å². The van der Waals surface area contributed by atoms with Crippen molar-refractivity contribution in [2.24, 2.45) is 0 Å². The summed E-state index contributed by atoms with van der Waals surface area (Å²) in [6, 6.07) is 25.4. The lowest BCUT2D eigenvalue weighted by Gasteiger charge is -2.37. The van der Waals surface area contributed by atoms with Crippen molar-refractivity contribution >= 4 is 11.8 Å². The normalized spacial score (nSPS) is 17.9. The van der Waals surface area contributed by atoms with Gasteiger partial charge in [0, 0.05) is 19.6 Å². The Morgan fingerprint density at radius 1 is 1.06 bits per heavy atom. The first-order chi connectivity index (χ1) is 15.2. The minimum absolute atomic E-state index is 0.0455. The molecule has 0 spiro atoms. The van der Waals surface area contributed by atoms with E-state index in [2.05, 4.69) is 35.2 Å². The number of ether oxygens (including phenoxy) is 2. The van der Waals surface area contributed by atoms with Gasteiger partial charge in [-0.15, -0.1) is 11.8 Å². The van der Waals surface area contributed by atoms with E-state index >= 15 is 0 Å². The van der Waals surface area contributed by atoms with Gasteiger partial charge in [0.2, 0.25) is 0 Å². The number of para-hydroxylation sites is 1. The predicted molar refractivity (Wildman–Crippen MR) is 124 cm³/mol. The van der Waals surface area contributed by atoms with Gasteiger partial charge in [0.05, 0.1) is 29.5 Å². The van der Waals surface area contributed by atoms with Crippen LogP contribution < -0.4 is 4.74 Å². The molecule has 162 valence electrons. The summed E-state index contributed by atoms with van der Waals surface area (Å²) in [5.74, 6) is 0.631. The highest BCUT2D eigenvalue weighted by Gasteiger charge is 2.31. The molecule has 4 rings (SSSR count). The maximum atomic E-state index is 14.1.